The molecule has 3 aliphatic rings. The van der Waals surface area contributed by atoms with Crippen LogP contribution in [0.1, 0.15) is 30.4 Å². The number of fused-ring (bicyclic) bond motifs is 1. The van der Waals surface area contributed by atoms with Crippen LogP contribution in [0.25, 0.3) is 6.08 Å². The Morgan fingerprint density at radius 2 is 1.85 bits per heavy atom. The first-order valence-electron chi connectivity index (χ1n) is 11.5. The van der Waals surface area contributed by atoms with Gasteiger partial charge in [0.1, 0.15) is 4.32 Å². The fourth-order valence-corrected chi connectivity index (χ4v) is 5.86. The molecule has 2 fully saturated rings. The first-order chi connectivity index (χ1) is 16.6. The van der Waals surface area contributed by atoms with Crippen LogP contribution in [-0.2, 0) is 16.0 Å². The SMILES string of the molecule is O=C(CCN1C(=O)C(=Cc2ccc3c(c2)OCO3)SC1=S)N1CCC(Cc2ccccc2)CC1. The summed E-state index contributed by atoms with van der Waals surface area (Å²) in [6.07, 6.45) is 5.18. The summed E-state index contributed by atoms with van der Waals surface area (Å²) in [4.78, 5) is 29.8. The third kappa shape index (κ3) is 5.13. The van der Waals surface area contributed by atoms with Crippen molar-refractivity contribution in [3.63, 3.8) is 0 Å². The van der Waals surface area contributed by atoms with Crippen LogP contribution >= 0.6 is 24.0 Å². The first-order valence-corrected chi connectivity index (χ1v) is 12.8. The normalized spacial score (nSPS) is 19.4. The van der Waals surface area contributed by atoms with Crippen molar-refractivity contribution in [3.8, 4) is 11.5 Å². The molecule has 3 heterocycles. The summed E-state index contributed by atoms with van der Waals surface area (Å²) in [5, 5.41) is 0. The Bertz CT molecular complexity index is 1130. The van der Waals surface area contributed by atoms with Gasteiger partial charge in [-0.1, -0.05) is 60.4 Å². The van der Waals surface area contributed by atoms with Crippen molar-refractivity contribution in [2.75, 3.05) is 26.4 Å². The van der Waals surface area contributed by atoms with E-state index in [9.17, 15) is 9.59 Å². The lowest BCUT2D eigenvalue weighted by atomic mass is 9.90. The third-order valence-corrected chi connectivity index (χ3v) is 7.83. The van der Waals surface area contributed by atoms with E-state index in [1.54, 1.807) is 11.0 Å². The second kappa shape index (κ2) is 10.2. The molecule has 2 saturated heterocycles. The van der Waals surface area contributed by atoms with E-state index in [1.807, 2.05) is 29.2 Å². The molecular weight excluding hydrogens is 468 g/mol. The number of amides is 2. The van der Waals surface area contributed by atoms with Gasteiger partial charge >= 0.3 is 0 Å². The van der Waals surface area contributed by atoms with Crippen LogP contribution in [0.15, 0.2) is 53.4 Å². The summed E-state index contributed by atoms with van der Waals surface area (Å²) < 4.78 is 11.2. The Morgan fingerprint density at radius 1 is 1.09 bits per heavy atom. The van der Waals surface area contributed by atoms with E-state index in [0.717, 1.165) is 37.9 Å². The quantitative estimate of drug-likeness (QED) is 0.436. The Labute approximate surface area is 208 Å². The summed E-state index contributed by atoms with van der Waals surface area (Å²) in [7, 11) is 0. The zero-order valence-corrected chi connectivity index (χ0v) is 20.4. The Kier molecular flexibility index (Phi) is 6.87. The fourth-order valence-electron chi connectivity index (χ4n) is 4.55. The van der Waals surface area contributed by atoms with Crippen LogP contribution in [0.3, 0.4) is 0 Å². The van der Waals surface area contributed by atoms with Gasteiger partial charge in [0.15, 0.2) is 11.5 Å². The molecule has 2 amide bonds. The minimum atomic E-state index is -0.151. The van der Waals surface area contributed by atoms with Crippen molar-refractivity contribution in [1.82, 2.24) is 9.80 Å². The van der Waals surface area contributed by atoms with Gasteiger partial charge in [-0.2, -0.15) is 0 Å². The number of piperidine rings is 1. The maximum Gasteiger partial charge on any atom is 0.266 e. The number of ether oxygens (including phenoxy) is 2. The molecule has 0 unspecified atom stereocenters. The van der Waals surface area contributed by atoms with Crippen LogP contribution < -0.4 is 9.47 Å². The molecule has 34 heavy (non-hydrogen) atoms. The second-order valence-corrected chi connectivity index (χ2v) is 10.4. The number of thioether (sulfide) groups is 1. The number of likely N-dealkylation sites (tertiary alicyclic amines) is 1. The van der Waals surface area contributed by atoms with Crippen molar-refractivity contribution >= 4 is 46.2 Å². The molecule has 3 aliphatic heterocycles. The molecule has 2 aromatic rings. The Hall–Kier alpha value is -2.84. The molecule has 0 atom stereocenters. The van der Waals surface area contributed by atoms with Crippen LogP contribution in [0, 0.1) is 5.92 Å². The zero-order chi connectivity index (χ0) is 23.5. The highest BCUT2D eigenvalue weighted by atomic mass is 32.2. The fraction of sp³-hybridized carbons (Fsp3) is 0.346. The van der Waals surface area contributed by atoms with E-state index in [4.69, 9.17) is 21.7 Å². The maximum atomic E-state index is 12.9. The standard InChI is InChI=1S/C26H26N2O4S2/c29-24(27-11-8-19(9-12-27)14-18-4-2-1-3-5-18)10-13-28-25(30)23(34-26(28)33)16-20-6-7-21-22(15-20)32-17-31-21/h1-7,15-16,19H,8-14,17H2. The lowest BCUT2D eigenvalue weighted by molar-refractivity contribution is -0.133. The van der Waals surface area contributed by atoms with Crippen LogP contribution in [0.2, 0.25) is 0 Å². The molecule has 176 valence electrons. The smallest absolute Gasteiger partial charge is 0.266 e. The molecule has 2 aromatic carbocycles. The van der Waals surface area contributed by atoms with Gasteiger partial charge < -0.3 is 14.4 Å². The maximum absolute atomic E-state index is 12.9. The third-order valence-electron chi connectivity index (χ3n) is 6.45. The van der Waals surface area contributed by atoms with Gasteiger partial charge in [-0.25, -0.2) is 0 Å². The topological polar surface area (TPSA) is 59.1 Å². The molecule has 5 rings (SSSR count). The van der Waals surface area contributed by atoms with Crippen molar-refractivity contribution in [2.45, 2.75) is 25.7 Å². The number of benzene rings is 2. The molecular formula is C26H26N2O4S2. The molecule has 0 bridgehead atoms. The van der Waals surface area contributed by atoms with Crippen molar-refractivity contribution in [2.24, 2.45) is 5.92 Å². The lowest BCUT2D eigenvalue weighted by Gasteiger charge is -2.32. The van der Waals surface area contributed by atoms with E-state index >= 15 is 0 Å². The predicted molar refractivity (Wildman–Crippen MR) is 137 cm³/mol. The van der Waals surface area contributed by atoms with Crippen LogP contribution in [0.5, 0.6) is 11.5 Å². The molecule has 0 N–H and O–H groups in total. The minimum absolute atomic E-state index is 0.0898. The molecule has 0 aromatic heterocycles. The first kappa shape index (κ1) is 22.9. The molecule has 6 nitrogen and oxygen atoms in total. The van der Waals surface area contributed by atoms with Gasteiger partial charge in [0.25, 0.3) is 5.91 Å². The molecule has 8 heteroatoms. The number of hydrogen-bond donors (Lipinski definition) is 0. The highest BCUT2D eigenvalue weighted by Gasteiger charge is 2.33. The zero-order valence-electron chi connectivity index (χ0n) is 18.8. The number of thiocarbonyl (C=S) groups is 1. The van der Waals surface area contributed by atoms with Crippen molar-refractivity contribution in [1.29, 1.82) is 0 Å². The summed E-state index contributed by atoms with van der Waals surface area (Å²) in [5.41, 5.74) is 2.20. The van der Waals surface area contributed by atoms with Crippen molar-refractivity contribution in [3.05, 3.63) is 64.6 Å². The van der Waals surface area contributed by atoms with Gasteiger partial charge in [-0.3, -0.25) is 14.5 Å². The van der Waals surface area contributed by atoms with Gasteiger partial charge in [0.05, 0.1) is 4.91 Å². The summed E-state index contributed by atoms with van der Waals surface area (Å²) in [6, 6.07) is 16.1. The van der Waals surface area contributed by atoms with Crippen LogP contribution in [-0.4, -0.2) is 52.4 Å². The van der Waals surface area contributed by atoms with Crippen LogP contribution in [0.4, 0.5) is 0 Å². The number of nitrogens with zero attached hydrogens (tertiary/aromatic N) is 2. The number of rotatable bonds is 6. The Morgan fingerprint density at radius 3 is 2.65 bits per heavy atom. The summed E-state index contributed by atoms with van der Waals surface area (Å²) in [5.74, 6) is 1.92. The number of carbonyl (C=O) groups excluding carboxylic acids is 2. The van der Waals surface area contributed by atoms with Gasteiger partial charge in [0, 0.05) is 26.1 Å². The van der Waals surface area contributed by atoms with E-state index in [-0.39, 0.29) is 25.0 Å². The minimum Gasteiger partial charge on any atom is -0.454 e. The summed E-state index contributed by atoms with van der Waals surface area (Å²) in [6.45, 7) is 2.07. The molecule has 0 aliphatic carbocycles. The monoisotopic (exact) mass is 494 g/mol. The highest BCUT2D eigenvalue weighted by Crippen LogP contribution is 2.36. The molecule has 0 saturated carbocycles. The highest BCUT2D eigenvalue weighted by molar-refractivity contribution is 8.26. The van der Waals surface area contributed by atoms with Gasteiger partial charge in [0.2, 0.25) is 12.7 Å². The van der Waals surface area contributed by atoms with E-state index < -0.39 is 0 Å². The number of carbonyl (C=O) groups is 2. The van der Waals surface area contributed by atoms with E-state index in [2.05, 4.69) is 24.3 Å². The van der Waals surface area contributed by atoms with E-state index in [0.29, 0.717) is 33.2 Å². The van der Waals surface area contributed by atoms with E-state index in [1.165, 1.54) is 17.3 Å². The number of hydrogen-bond acceptors (Lipinski definition) is 6. The van der Waals surface area contributed by atoms with Crippen molar-refractivity contribution < 1.29 is 19.1 Å². The molecule has 0 radical (unpaired) electrons. The average Bonchev–Trinajstić information content (AvgIpc) is 3.42. The van der Waals surface area contributed by atoms with Gasteiger partial charge in [-0.15, -0.1) is 0 Å². The average molecular weight is 495 g/mol. The predicted octanol–water partition coefficient (Wildman–Crippen LogP) is 4.49. The second-order valence-electron chi connectivity index (χ2n) is 8.71. The molecule has 0 spiro atoms. The Balaban J connectivity index is 1.12. The lowest BCUT2D eigenvalue weighted by Crippen LogP contribution is -2.41. The summed E-state index contributed by atoms with van der Waals surface area (Å²) >= 11 is 6.70. The largest absolute Gasteiger partial charge is 0.454 e. The van der Waals surface area contributed by atoms with Gasteiger partial charge in [-0.05, 0) is 54.5 Å².